The molecule has 1 aromatic heterocycles. The average Bonchev–Trinajstić information content (AvgIpc) is 3.28. The number of carbonyl (C=O) groups excluding carboxylic acids is 3. The number of benzene rings is 1. The van der Waals surface area contributed by atoms with E-state index >= 15 is 0 Å². The molecular formula is C21H25N3O4. The number of carbonyl (C=O) groups is 3. The molecule has 1 unspecified atom stereocenters. The topological polar surface area (TPSA) is 82.9 Å². The Hall–Kier alpha value is -3.09. The Morgan fingerprint density at radius 1 is 1.00 bits per heavy atom. The van der Waals surface area contributed by atoms with Crippen molar-refractivity contribution >= 4 is 17.7 Å². The van der Waals surface area contributed by atoms with Gasteiger partial charge in [0, 0.05) is 39.0 Å². The molecule has 2 heterocycles. The van der Waals surface area contributed by atoms with Gasteiger partial charge in [-0.2, -0.15) is 0 Å². The molecule has 1 aliphatic rings. The summed E-state index contributed by atoms with van der Waals surface area (Å²) in [6.45, 7) is 3.49. The number of nitrogens with zero attached hydrogens (tertiary/aromatic N) is 2. The summed E-state index contributed by atoms with van der Waals surface area (Å²) in [5.74, 6) is -0.133. The lowest BCUT2D eigenvalue weighted by Gasteiger charge is -2.36. The second kappa shape index (κ2) is 9.21. The predicted molar refractivity (Wildman–Crippen MR) is 104 cm³/mol. The zero-order valence-corrected chi connectivity index (χ0v) is 16.0. The van der Waals surface area contributed by atoms with Crippen LogP contribution in [0.15, 0.2) is 53.1 Å². The van der Waals surface area contributed by atoms with E-state index in [1.807, 2.05) is 30.3 Å². The molecule has 148 valence electrons. The van der Waals surface area contributed by atoms with Crippen LogP contribution in [0.4, 0.5) is 0 Å². The van der Waals surface area contributed by atoms with E-state index in [2.05, 4.69) is 5.32 Å². The fourth-order valence-corrected chi connectivity index (χ4v) is 3.25. The molecule has 1 fully saturated rings. The third-order valence-corrected chi connectivity index (χ3v) is 4.85. The second-order valence-corrected chi connectivity index (χ2v) is 6.76. The Balaban J connectivity index is 1.62. The van der Waals surface area contributed by atoms with E-state index in [1.54, 1.807) is 28.9 Å². The average molecular weight is 383 g/mol. The highest BCUT2D eigenvalue weighted by molar-refractivity contribution is 5.92. The maximum atomic E-state index is 13.0. The van der Waals surface area contributed by atoms with Crippen molar-refractivity contribution in [2.45, 2.75) is 25.8 Å². The SMILES string of the molecule is CCC(=O)NC(Cc1ccccc1)C(=O)N1CCN(C(=O)c2ccco2)CC1. The molecule has 3 rings (SSSR count). The van der Waals surface area contributed by atoms with Crippen molar-refractivity contribution in [2.75, 3.05) is 26.2 Å². The molecule has 1 aliphatic heterocycles. The third-order valence-electron chi connectivity index (χ3n) is 4.85. The van der Waals surface area contributed by atoms with Gasteiger partial charge in [0.1, 0.15) is 6.04 Å². The normalized spacial score (nSPS) is 15.2. The van der Waals surface area contributed by atoms with Crippen LogP contribution in [-0.4, -0.2) is 59.7 Å². The van der Waals surface area contributed by atoms with Crippen molar-refractivity contribution < 1.29 is 18.8 Å². The fraction of sp³-hybridized carbons (Fsp3) is 0.381. The molecule has 28 heavy (non-hydrogen) atoms. The van der Waals surface area contributed by atoms with Gasteiger partial charge in [0.05, 0.1) is 6.26 Å². The lowest BCUT2D eigenvalue weighted by atomic mass is 10.0. The van der Waals surface area contributed by atoms with Crippen LogP contribution in [0.1, 0.15) is 29.5 Å². The van der Waals surface area contributed by atoms with Crippen LogP contribution in [0.25, 0.3) is 0 Å². The highest BCUT2D eigenvalue weighted by Crippen LogP contribution is 2.12. The number of furan rings is 1. The minimum atomic E-state index is -0.609. The second-order valence-electron chi connectivity index (χ2n) is 6.76. The van der Waals surface area contributed by atoms with Crippen LogP contribution in [-0.2, 0) is 16.0 Å². The third kappa shape index (κ3) is 4.79. The molecule has 0 bridgehead atoms. The van der Waals surface area contributed by atoms with Gasteiger partial charge in [-0.05, 0) is 17.7 Å². The number of rotatable bonds is 6. The molecule has 3 amide bonds. The number of hydrogen-bond donors (Lipinski definition) is 1. The minimum absolute atomic E-state index is 0.115. The zero-order valence-electron chi connectivity index (χ0n) is 16.0. The van der Waals surface area contributed by atoms with Crippen molar-refractivity contribution in [1.82, 2.24) is 15.1 Å². The molecule has 7 heteroatoms. The van der Waals surface area contributed by atoms with Gasteiger partial charge >= 0.3 is 0 Å². The molecule has 0 spiro atoms. The van der Waals surface area contributed by atoms with E-state index in [0.717, 1.165) is 5.56 Å². The molecule has 0 radical (unpaired) electrons. The molecule has 1 saturated heterocycles. The first kappa shape index (κ1) is 19.7. The van der Waals surface area contributed by atoms with Crippen LogP contribution in [0, 0.1) is 0 Å². The van der Waals surface area contributed by atoms with Crippen LogP contribution in [0.2, 0.25) is 0 Å². The first-order chi connectivity index (χ1) is 13.6. The van der Waals surface area contributed by atoms with Crippen LogP contribution >= 0.6 is 0 Å². The summed E-state index contributed by atoms with van der Waals surface area (Å²) in [4.78, 5) is 40.7. The van der Waals surface area contributed by atoms with Gasteiger partial charge < -0.3 is 19.5 Å². The molecule has 1 N–H and O–H groups in total. The highest BCUT2D eigenvalue weighted by Gasteiger charge is 2.30. The largest absolute Gasteiger partial charge is 0.459 e. The summed E-state index contributed by atoms with van der Waals surface area (Å²) in [5.41, 5.74) is 0.990. The number of amides is 3. The Morgan fingerprint density at radius 3 is 2.29 bits per heavy atom. The first-order valence-electron chi connectivity index (χ1n) is 9.53. The summed E-state index contributed by atoms with van der Waals surface area (Å²) in [5, 5.41) is 2.84. The lowest BCUT2D eigenvalue weighted by molar-refractivity contribution is -0.137. The standard InChI is InChI=1S/C21H25N3O4/c1-2-19(25)22-17(15-16-7-4-3-5-8-16)20(26)23-10-12-24(13-11-23)21(27)18-9-6-14-28-18/h3-9,14,17H,2,10-13,15H2,1H3,(H,22,25). The molecule has 1 atom stereocenters. The molecule has 0 aliphatic carbocycles. The summed E-state index contributed by atoms with van der Waals surface area (Å²) in [6.07, 6.45) is 2.23. The van der Waals surface area contributed by atoms with Crippen molar-refractivity contribution in [1.29, 1.82) is 0 Å². The van der Waals surface area contributed by atoms with Gasteiger partial charge in [0.25, 0.3) is 5.91 Å². The van der Waals surface area contributed by atoms with Gasteiger partial charge in [-0.3, -0.25) is 14.4 Å². The van der Waals surface area contributed by atoms with Gasteiger partial charge in [-0.15, -0.1) is 0 Å². The Bertz CT molecular complexity index is 796. The summed E-state index contributed by atoms with van der Waals surface area (Å²) < 4.78 is 5.16. The van der Waals surface area contributed by atoms with Gasteiger partial charge in [0.15, 0.2) is 5.76 Å². The number of nitrogens with one attached hydrogen (secondary N) is 1. The summed E-state index contributed by atoms with van der Waals surface area (Å²) in [6, 6.07) is 12.3. The van der Waals surface area contributed by atoms with E-state index in [-0.39, 0.29) is 17.7 Å². The molecule has 7 nitrogen and oxygen atoms in total. The monoisotopic (exact) mass is 383 g/mol. The molecule has 2 aromatic rings. The lowest BCUT2D eigenvalue weighted by Crippen LogP contribution is -2.56. The number of hydrogen-bond acceptors (Lipinski definition) is 4. The van der Waals surface area contributed by atoms with Gasteiger partial charge in [-0.25, -0.2) is 0 Å². The maximum absolute atomic E-state index is 13.0. The highest BCUT2D eigenvalue weighted by atomic mass is 16.3. The van der Waals surface area contributed by atoms with E-state index in [9.17, 15) is 14.4 Å². The van der Waals surface area contributed by atoms with Crippen molar-refractivity contribution in [3.63, 3.8) is 0 Å². The van der Waals surface area contributed by atoms with Crippen LogP contribution in [0.5, 0.6) is 0 Å². The van der Waals surface area contributed by atoms with Crippen LogP contribution < -0.4 is 5.32 Å². The van der Waals surface area contributed by atoms with E-state index in [4.69, 9.17) is 4.42 Å². The minimum Gasteiger partial charge on any atom is -0.459 e. The van der Waals surface area contributed by atoms with Crippen molar-refractivity contribution in [3.05, 3.63) is 60.1 Å². The maximum Gasteiger partial charge on any atom is 0.289 e. The quantitative estimate of drug-likeness (QED) is 0.823. The van der Waals surface area contributed by atoms with Gasteiger partial charge in [-0.1, -0.05) is 37.3 Å². The van der Waals surface area contributed by atoms with E-state index < -0.39 is 6.04 Å². The summed E-state index contributed by atoms with van der Waals surface area (Å²) >= 11 is 0. The van der Waals surface area contributed by atoms with E-state index in [0.29, 0.717) is 44.8 Å². The molecule has 1 aromatic carbocycles. The molecular weight excluding hydrogens is 358 g/mol. The van der Waals surface area contributed by atoms with Crippen molar-refractivity contribution in [2.24, 2.45) is 0 Å². The smallest absolute Gasteiger partial charge is 0.289 e. The van der Waals surface area contributed by atoms with Crippen LogP contribution in [0.3, 0.4) is 0 Å². The number of piperazine rings is 1. The van der Waals surface area contributed by atoms with E-state index in [1.165, 1.54) is 6.26 Å². The van der Waals surface area contributed by atoms with Crippen molar-refractivity contribution in [3.8, 4) is 0 Å². The predicted octanol–water partition coefficient (Wildman–Crippen LogP) is 1.70. The fourth-order valence-electron chi connectivity index (χ4n) is 3.25. The Labute approximate surface area is 164 Å². The molecule has 0 saturated carbocycles. The Kier molecular flexibility index (Phi) is 6.47. The van der Waals surface area contributed by atoms with Gasteiger partial charge in [0.2, 0.25) is 11.8 Å². The first-order valence-corrected chi connectivity index (χ1v) is 9.53. The zero-order chi connectivity index (χ0) is 19.9. The summed E-state index contributed by atoms with van der Waals surface area (Å²) in [7, 11) is 0. The Morgan fingerprint density at radius 2 is 1.68 bits per heavy atom.